The molecule has 7 nitrogen and oxygen atoms in total. The Morgan fingerprint density at radius 3 is 2.77 bits per heavy atom. The number of fused-ring (bicyclic) bond motifs is 6. The van der Waals surface area contributed by atoms with E-state index in [2.05, 4.69) is 0 Å². The normalized spacial score (nSPS) is 28.5. The molecule has 1 aromatic heterocycles. The van der Waals surface area contributed by atoms with Crippen LogP contribution in [-0.4, -0.2) is 46.5 Å². The largest absolute Gasteiger partial charge is 0.487 e. The Morgan fingerprint density at radius 1 is 1.09 bits per heavy atom. The van der Waals surface area contributed by atoms with Gasteiger partial charge in [0.25, 0.3) is 5.91 Å². The van der Waals surface area contributed by atoms with Gasteiger partial charge in [0.15, 0.2) is 11.4 Å². The molecule has 6 heterocycles. The topological polar surface area (TPSA) is 64.0 Å². The average Bonchev–Trinajstić information content (AvgIpc) is 3.53. The summed E-state index contributed by atoms with van der Waals surface area (Å²) in [6, 6.07) is 10.6. The third-order valence-electron chi connectivity index (χ3n) is 10.0. The van der Waals surface area contributed by atoms with Gasteiger partial charge in [0.2, 0.25) is 5.43 Å². The maximum absolute atomic E-state index is 16.2. The second-order valence-corrected chi connectivity index (χ2v) is 13.3. The first-order chi connectivity index (χ1) is 20.9. The molecule has 3 saturated heterocycles. The molecule has 5 atom stereocenters. The number of piperidine rings is 1. The molecule has 0 N–H and O–H groups in total. The number of hydrogen-bond donors (Lipinski definition) is 0. The predicted octanol–water partition coefficient (Wildman–Crippen LogP) is 5.76. The molecule has 3 fully saturated rings. The van der Waals surface area contributed by atoms with E-state index in [-0.39, 0.29) is 52.0 Å². The minimum Gasteiger partial charge on any atom is -0.487 e. The number of carbonyl (C=O) groups excluding carboxylic acids is 1. The van der Waals surface area contributed by atoms with Gasteiger partial charge in [0.05, 0.1) is 18.3 Å². The minimum absolute atomic E-state index is 0.00472. The number of thioether (sulfide) groups is 1. The number of amides is 1. The molecule has 1 amide bonds. The molecule has 2 bridgehead atoms. The number of unbranched alkanes of at least 4 members (excludes halogenated alkanes) is 1. The second-order valence-electron chi connectivity index (χ2n) is 12.3. The van der Waals surface area contributed by atoms with Crippen LogP contribution in [0.15, 0.2) is 58.4 Å². The van der Waals surface area contributed by atoms with Crippen molar-refractivity contribution < 1.29 is 23.0 Å². The zero-order valence-electron chi connectivity index (χ0n) is 23.9. The van der Waals surface area contributed by atoms with E-state index in [0.717, 1.165) is 37.7 Å². The van der Waals surface area contributed by atoms with Gasteiger partial charge in [-0.25, -0.2) is 8.78 Å². The fourth-order valence-electron chi connectivity index (χ4n) is 8.15. The van der Waals surface area contributed by atoms with E-state index in [1.165, 1.54) is 30.0 Å². The van der Waals surface area contributed by atoms with Gasteiger partial charge in [-0.15, -0.1) is 11.8 Å². The highest BCUT2D eigenvalue weighted by Gasteiger charge is 2.63. The highest BCUT2D eigenvalue weighted by molar-refractivity contribution is 7.98. The van der Waals surface area contributed by atoms with Crippen LogP contribution in [0, 0.1) is 17.6 Å². The monoisotopic (exact) mass is 605 g/mol. The van der Waals surface area contributed by atoms with Gasteiger partial charge in [0, 0.05) is 40.9 Å². The highest BCUT2D eigenvalue weighted by atomic mass is 32.2. The van der Waals surface area contributed by atoms with Crippen molar-refractivity contribution in [1.29, 1.82) is 0 Å². The summed E-state index contributed by atoms with van der Waals surface area (Å²) in [6.45, 7) is 2.76. The lowest BCUT2D eigenvalue weighted by Crippen LogP contribution is -2.70. The highest BCUT2D eigenvalue weighted by Crippen LogP contribution is 2.57. The van der Waals surface area contributed by atoms with E-state index < -0.39 is 12.2 Å². The number of ether oxygens (including phenoxy) is 2. The molecule has 5 aliphatic rings. The smallest absolute Gasteiger partial charge is 0.278 e. The summed E-state index contributed by atoms with van der Waals surface area (Å²) in [5.74, 6) is -0.661. The minimum atomic E-state index is -0.781. The molecular formula is C33H33F2N3O4S. The Bertz CT molecular complexity index is 1700. The predicted molar refractivity (Wildman–Crippen MR) is 158 cm³/mol. The lowest BCUT2D eigenvalue weighted by atomic mass is 9.71. The molecule has 2 aromatic carbocycles. The first-order valence-electron chi connectivity index (χ1n) is 15.3. The standard InChI is InChI=1S/C33H33F2N3O4S/c1-2-3-16-41-29-25(39)11-14-37-28(29)32(40)36-15-13-33-12-10-20(42-33)17-22(33)31(36)38(37)27-21-7-5-9-24(35)30(21)43-18-19-6-4-8-23(34)26(19)27/h4-9,11,14,20,22,27,31H,2-3,10,12-13,15-18H2,1H3/t20-,22+,27?,31+,33-/m0/s1. The zero-order valence-corrected chi connectivity index (χ0v) is 24.7. The van der Waals surface area contributed by atoms with Gasteiger partial charge in [-0.3, -0.25) is 19.3 Å². The number of rotatable bonds is 5. The first-order valence-corrected chi connectivity index (χ1v) is 16.2. The average molecular weight is 606 g/mol. The quantitative estimate of drug-likeness (QED) is 0.345. The second kappa shape index (κ2) is 10.1. The maximum Gasteiger partial charge on any atom is 0.278 e. The van der Waals surface area contributed by atoms with Crippen molar-refractivity contribution in [1.82, 2.24) is 9.58 Å². The van der Waals surface area contributed by atoms with Crippen LogP contribution in [0.25, 0.3) is 0 Å². The van der Waals surface area contributed by atoms with Crippen LogP contribution in [-0.2, 0) is 10.5 Å². The number of aromatic nitrogens is 1. The maximum atomic E-state index is 16.2. The van der Waals surface area contributed by atoms with Gasteiger partial charge < -0.3 is 14.4 Å². The van der Waals surface area contributed by atoms with Crippen molar-refractivity contribution in [2.24, 2.45) is 5.92 Å². The Hall–Kier alpha value is -3.37. The Kier molecular flexibility index (Phi) is 6.38. The summed E-state index contributed by atoms with van der Waals surface area (Å²) in [6.07, 6.45) is 6.19. The van der Waals surface area contributed by atoms with Gasteiger partial charge in [0.1, 0.15) is 23.8 Å². The fraction of sp³-hybridized carbons (Fsp3) is 0.455. The molecule has 43 heavy (non-hydrogen) atoms. The molecule has 0 aliphatic carbocycles. The van der Waals surface area contributed by atoms with Crippen molar-refractivity contribution >= 4 is 17.7 Å². The summed E-state index contributed by atoms with van der Waals surface area (Å²) in [4.78, 5) is 30.0. The van der Waals surface area contributed by atoms with Crippen LogP contribution >= 0.6 is 11.8 Å². The van der Waals surface area contributed by atoms with Gasteiger partial charge in [-0.05, 0) is 55.4 Å². The van der Waals surface area contributed by atoms with E-state index in [1.54, 1.807) is 23.0 Å². The third kappa shape index (κ3) is 3.94. The van der Waals surface area contributed by atoms with Crippen LogP contribution in [0.2, 0.25) is 0 Å². The lowest BCUT2D eigenvalue weighted by molar-refractivity contribution is -0.0757. The van der Waals surface area contributed by atoms with E-state index in [4.69, 9.17) is 9.47 Å². The van der Waals surface area contributed by atoms with E-state index in [0.29, 0.717) is 41.3 Å². The summed E-state index contributed by atoms with van der Waals surface area (Å²) in [5.41, 5.74) is 1.24. The Morgan fingerprint density at radius 2 is 1.93 bits per heavy atom. The Balaban J connectivity index is 1.41. The van der Waals surface area contributed by atoms with Crippen molar-refractivity contribution in [3.63, 3.8) is 0 Å². The van der Waals surface area contributed by atoms with Gasteiger partial charge in [-0.2, -0.15) is 0 Å². The van der Waals surface area contributed by atoms with Crippen LogP contribution in [0.3, 0.4) is 0 Å². The number of pyridine rings is 1. The van der Waals surface area contributed by atoms with Gasteiger partial charge in [-0.1, -0.05) is 37.6 Å². The zero-order chi connectivity index (χ0) is 29.5. The van der Waals surface area contributed by atoms with Gasteiger partial charge >= 0.3 is 0 Å². The molecule has 1 spiro atoms. The molecule has 224 valence electrons. The summed E-state index contributed by atoms with van der Waals surface area (Å²) in [7, 11) is 0. The van der Waals surface area contributed by atoms with E-state index >= 15 is 8.78 Å². The number of benzene rings is 2. The molecule has 8 rings (SSSR count). The van der Waals surface area contributed by atoms with Crippen molar-refractivity contribution in [2.75, 3.05) is 18.2 Å². The summed E-state index contributed by atoms with van der Waals surface area (Å²) in [5, 5.41) is 2.03. The SMILES string of the molecule is CCCCOc1c2n(ccc1=O)N(C1c3cccc(F)c3SCc3cccc(F)c31)[C@@H]1[C@H]3C[C@@H]4CC[C@@]3(CCN1C2=O)O4. The van der Waals surface area contributed by atoms with Crippen LogP contribution < -0.4 is 15.2 Å². The fourth-order valence-corrected chi connectivity index (χ4v) is 9.25. The molecule has 0 radical (unpaired) electrons. The van der Waals surface area contributed by atoms with Crippen molar-refractivity contribution in [3.05, 3.63) is 92.9 Å². The summed E-state index contributed by atoms with van der Waals surface area (Å²) >= 11 is 1.36. The van der Waals surface area contributed by atoms with Crippen LogP contribution in [0.1, 0.15) is 78.7 Å². The molecule has 10 heteroatoms. The first kappa shape index (κ1) is 27.2. The molecule has 5 aliphatic heterocycles. The molecule has 1 unspecified atom stereocenters. The van der Waals surface area contributed by atoms with E-state index in [9.17, 15) is 9.59 Å². The number of carbonyl (C=O) groups is 1. The lowest BCUT2D eigenvalue weighted by Gasteiger charge is -2.57. The number of nitrogens with zero attached hydrogens (tertiary/aromatic N) is 3. The molecule has 0 saturated carbocycles. The van der Waals surface area contributed by atoms with Crippen molar-refractivity contribution in [2.45, 2.75) is 80.0 Å². The van der Waals surface area contributed by atoms with Crippen LogP contribution in [0.4, 0.5) is 8.78 Å². The third-order valence-corrected chi connectivity index (χ3v) is 11.2. The molecular weight excluding hydrogens is 572 g/mol. The summed E-state index contributed by atoms with van der Waals surface area (Å²) < 4.78 is 46.1. The van der Waals surface area contributed by atoms with Crippen molar-refractivity contribution in [3.8, 4) is 5.75 Å². The molecule has 3 aromatic rings. The van der Waals surface area contributed by atoms with Crippen LogP contribution in [0.5, 0.6) is 5.75 Å². The Labute approximate surface area is 252 Å². The number of hydrogen-bond acceptors (Lipinski definition) is 6. The van der Waals surface area contributed by atoms with E-state index in [1.807, 2.05) is 29.0 Å². The number of halogens is 2.